The zero-order valence-electron chi connectivity index (χ0n) is 8.37. The van der Waals surface area contributed by atoms with E-state index in [9.17, 15) is 0 Å². The molecule has 0 spiro atoms. The molecule has 2 heterocycles. The number of hydrogen-bond acceptors (Lipinski definition) is 3. The van der Waals surface area contributed by atoms with Crippen LogP contribution in [0.4, 0.5) is 0 Å². The second-order valence-electron chi connectivity index (χ2n) is 3.31. The summed E-state index contributed by atoms with van der Waals surface area (Å²) >= 11 is 9.58. The van der Waals surface area contributed by atoms with Crippen molar-refractivity contribution in [1.82, 2.24) is 5.32 Å². The molecule has 0 saturated carbocycles. The Morgan fingerprint density at radius 2 is 2.27 bits per heavy atom. The molecule has 0 amide bonds. The lowest BCUT2D eigenvalue weighted by Crippen LogP contribution is -2.17. The summed E-state index contributed by atoms with van der Waals surface area (Å²) in [6.07, 6.45) is 1.00. The molecule has 1 atom stereocenters. The zero-order chi connectivity index (χ0) is 10.7. The summed E-state index contributed by atoms with van der Waals surface area (Å²) in [5.74, 6) is 0. The maximum absolute atomic E-state index is 6.13. The van der Waals surface area contributed by atoms with Gasteiger partial charge in [-0.3, -0.25) is 0 Å². The highest BCUT2D eigenvalue weighted by molar-refractivity contribution is 7.10. The predicted octanol–water partition coefficient (Wildman–Crippen LogP) is 3.97. The minimum Gasteiger partial charge on any atom is -0.312 e. The van der Waals surface area contributed by atoms with E-state index in [4.69, 9.17) is 11.6 Å². The molecule has 1 nitrogen and oxygen atoms in total. The second kappa shape index (κ2) is 5.12. The lowest BCUT2D eigenvalue weighted by molar-refractivity contribution is 0.603. The molecule has 0 fully saturated rings. The van der Waals surface area contributed by atoms with Crippen LogP contribution < -0.4 is 5.32 Å². The van der Waals surface area contributed by atoms with Crippen LogP contribution in [-0.2, 0) is 6.42 Å². The van der Waals surface area contributed by atoms with Gasteiger partial charge in [-0.1, -0.05) is 11.6 Å². The van der Waals surface area contributed by atoms with E-state index >= 15 is 0 Å². The summed E-state index contributed by atoms with van der Waals surface area (Å²) in [6.45, 7) is 0. The molecule has 2 aromatic heterocycles. The van der Waals surface area contributed by atoms with Crippen molar-refractivity contribution in [1.29, 1.82) is 0 Å². The fourth-order valence-electron chi connectivity index (χ4n) is 1.52. The Labute approximate surface area is 103 Å². The first kappa shape index (κ1) is 11.1. The van der Waals surface area contributed by atoms with Gasteiger partial charge in [0.1, 0.15) is 0 Å². The minimum absolute atomic E-state index is 0.326. The maximum atomic E-state index is 6.13. The van der Waals surface area contributed by atoms with Crippen molar-refractivity contribution >= 4 is 34.3 Å². The SMILES string of the molecule is CNC(Cc1ccsc1)c1sccc1Cl. The van der Waals surface area contributed by atoms with Crippen LogP contribution in [0.2, 0.25) is 5.02 Å². The number of hydrogen-bond donors (Lipinski definition) is 1. The highest BCUT2D eigenvalue weighted by atomic mass is 35.5. The van der Waals surface area contributed by atoms with Gasteiger partial charge in [-0.15, -0.1) is 11.3 Å². The van der Waals surface area contributed by atoms with Crippen LogP contribution in [0.1, 0.15) is 16.5 Å². The van der Waals surface area contributed by atoms with Crippen molar-refractivity contribution in [2.75, 3.05) is 7.05 Å². The number of rotatable bonds is 4. The Kier molecular flexibility index (Phi) is 3.81. The van der Waals surface area contributed by atoms with E-state index in [1.165, 1.54) is 10.4 Å². The van der Waals surface area contributed by atoms with Gasteiger partial charge in [0.25, 0.3) is 0 Å². The molecule has 2 rings (SSSR count). The van der Waals surface area contributed by atoms with Crippen LogP contribution in [0, 0.1) is 0 Å². The molecule has 80 valence electrons. The largest absolute Gasteiger partial charge is 0.312 e. The fraction of sp³-hybridized carbons (Fsp3) is 0.273. The summed E-state index contributed by atoms with van der Waals surface area (Å²) in [6, 6.07) is 4.45. The molecule has 15 heavy (non-hydrogen) atoms. The first-order valence-corrected chi connectivity index (χ1v) is 6.92. The van der Waals surface area contributed by atoms with E-state index in [1.54, 1.807) is 22.7 Å². The average molecular weight is 258 g/mol. The van der Waals surface area contributed by atoms with E-state index < -0.39 is 0 Å². The van der Waals surface area contributed by atoms with E-state index in [0.29, 0.717) is 6.04 Å². The van der Waals surface area contributed by atoms with Crippen LogP contribution >= 0.6 is 34.3 Å². The lowest BCUT2D eigenvalue weighted by atomic mass is 10.1. The molecule has 0 aromatic carbocycles. The van der Waals surface area contributed by atoms with E-state index in [0.717, 1.165) is 11.4 Å². The van der Waals surface area contributed by atoms with Gasteiger partial charge in [-0.2, -0.15) is 11.3 Å². The molecule has 0 aliphatic carbocycles. The summed E-state index contributed by atoms with van der Waals surface area (Å²) in [4.78, 5) is 1.23. The topological polar surface area (TPSA) is 12.0 Å². The quantitative estimate of drug-likeness (QED) is 0.874. The molecule has 0 aliphatic rings. The Hall–Kier alpha value is -0.350. The first-order valence-electron chi connectivity index (χ1n) is 4.72. The minimum atomic E-state index is 0.326. The van der Waals surface area contributed by atoms with Crippen LogP contribution in [0.25, 0.3) is 0 Å². The number of likely N-dealkylation sites (N-methyl/N-ethyl adjacent to an activating group) is 1. The first-order chi connectivity index (χ1) is 7.31. The predicted molar refractivity (Wildman–Crippen MR) is 69.2 cm³/mol. The van der Waals surface area contributed by atoms with Crippen molar-refractivity contribution in [3.05, 3.63) is 43.7 Å². The summed E-state index contributed by atoms with van der Waals surface area (Å²) in [5, 5.41) is 10.5. The van der Waals surface area contributed by atoms with Gasteiger partial charge >= 0.3 is 0 Å². The van der Waals surface area contributed by atoms with Crippen molar-refractivity contribution < 1.29 is 0 Å². The van der Waals surface area contributed by atoms with Crippen molar-refractivity contribution in [2.45, 2.75) is 12.5 Å². The molecule has 1 N–H and O–H groups in total. The molecule has 0 radical (unpaired) electrons. The number of thiophene rings is 2. The third kappa shape index (κ3) is 2.61. The maximum Gasteiger partial charge on any atom is 0.0561 e. The van der Waals surface area contributed by atoms with Gasteiger partial charge in [0.05, 0.1) is 5.02 Å². The highest BCUT2D eigenvalue weighted by Crippen LogP contribution is 2.30. The molecule has 2 aromatic rings. The average Bonchev–Trinajstić information content (AvgIpc) is 2.85. The van der Waals surface area contributed by atoms with Gasteiger partial charge in [0.2, 0.25) is 0 Å². The number of halogens is 1. The highest BCUT2D eigenvalue weighted by Gasteiger charge is 2.14. The summed E-state index contributed by atoms with van der Waals surface area (Å²) < 4.78 is 0. The smallest absolute Gasteiger partial charge is 0.0561 e. The van der Waals surface area contributed by atoms with E-state index in [1.807, 2.05) is 18.5 Å². The monoisotopic (exact) mass is 257 g/mol. The van der Waals surface area contributed by atoms with E-state index in [2.05, 4.69) is 22.1 Å². The van der Waals surface area contributed by atoms with E-state index in [-0.39, 0.29) is 0 Å². The lowest BCUT2D eigenvalue weighted by Gasteiger charge is -2.14. The Morgan fingerprint density at radius 1 is 1.40 bits per heavy atom. The van der Waals surface area contributed by atoms with Crippen LogP contribution in [0.3, 0.4) is 0 Å². The summed E-state index contributed by atoms with van der Waals surface area (Å²) in [5.41, 5.74) is 1.36. The van der Waals surface area contributed by atoms with Crippen molar-refractivity contribution in [3.63, 3.8) is 0 Å². The van der Waals surface area contributed by atoms with Crippen LogP contribution in [0.5, 0.6) is 0 Å². The van der Waals surface area contributed by atoms with Gasteiger partial charge in [-0.25, -0.2) is 0 Å². The normalized spacial score (nSPS) is 12.9. The molecule has 0 saturated heterocycles. The van der Waals surface area contributed by atoms with Crippen LogP contribution in [0.15, 0.2) is 28.3 Å². The molecule has 0 aliphatic heterocycles. The third-order valence-electron chi connectivity index (χ3n) is 2.33. The molecule has 1 unspecified atom stereocenters. The number of nitrogens with one attached hydrogen (secondary N) is 1. The molecule has 4 heteroatoms. The Balaban J connectivity index is 2.15. The fourth-order valence-corrected chi connectivity index (χ4v) is 3.51. The summed E-state index contributed by atoms with van der Waals surface area (Å²) in [7, 11) is 1.98. The molecular formula is C11H12ClNS2. The second-order valence-corrected chi connectivity index (χ2v) is 5.44. The zero-order valence-corrected chi connectivity index (χ0v) is 10.8. The van der Waals surface area contributed by atoms with Crippen molar-refractivity contribution in [3.8, 4) is 0 Å². The third-order valence-corrected chi connectivity index (χ3v) is 4.53. The Morgan fingerprint density at radius 3 is 2.80 bits per heavy atom. The van der Waals surface area contributed by atoms with Gasteiger partial charge in [-0.05, 0) is 47.3 Å². The molecule has 0 bridgehead atoms. The van der Waals surface area contributed by atoms with Crippen molar-refractivity contribution in [2.24, 2.45) is 0 Å². The van der Waals surface area contributed by atoms with Crippen LogP contribution in [-0.4, -0.2) is 7.05 Å². The van der Waals surface area contributed by atoms with Gasteiger partial charge < -0.3 is 5.32 Å². The standard InChI is InChI=1S/C11H12ClNS2/c1-13-10(6-8-2-4-14-7-8)11-9(12)3-5-15-11/h2-5,7,10,13H,6H2,1H3. The van der Waals surface area contributed by atoms with Gasteiger partial charge in [0, 0.05) is 10.9 Å². The molecular weight excluding hydrogens is 246 g/mol. The Bertz CT molecular complexity index is 408. The van der Waals surface area contributed by atoms with Gasteiger partial charge in [0.15, 0.2) is 0 Å².